The highest BCUT2D eigenvalue weighted by atomic mass is 32.1. The molecule has 0 atom stereocenters. The monoisotopic (exact) mass is 276 g/mol. The molecular formula is C14H16N2O2S. The number of rotatable bonds is 5. The van der Waals surface area contributed by atoms with E-state index in [0.717, 1.165) is 15.4 Å². The van der Waals surface area contributed by atoms with Gasteiger partial charge in [-0.2, -0.15) is 0 Å². The Kier molecular flexibility index (Phi) is 4.52. The number of phenolic OH excluding ortho intramolecular Hbond substituents is 1. The third-order valence-corrected chi connectivity index (χ3v) is 3.65. The van der Waals surface area contributed by atoms with Gasteiger partial charge in [-0.25, -0.2) is 4.98 Å². The molecule has 0 fully saturated rings. The summed E-state index contributed by atoms with van der Waals surface area (Å²) in [6, 6.07) is 7.08. The molecule has 0 aliphatic carbocycles. The molecule has 19 heavy (non-hydrogen) atoms. The lowest BCUT2D eigenvalue weighted by Crippen LogP contribution is -2.22. The van der Waals surface area contributed by atoms with Crippen LogP contribution in [0.4, 0.5) is 0 Å². The van der Waals surface area contributed by atoms with Crippen LogP contribution in [0.25, 0.3) is 0 Å². The number of benzene rings is 1. The fraction of sp³-hybridized carbons (Fsp3) is 0.286. The van der Waals surface area contributed by atoms with E-state index < -0.39 is 0 Å². The number of amides is 1. The topological polar surface area (TPSA) is 62.2 Å². The zero-order chi connectivity index (χ0) is 13.7. The fourth-order valence-electron chi connectivity index (χ4n) is 1.73. The van der Waals surface area contributed by atoms with Crippen LogP contribution < -0.4 is 5.32 Å². The number of carbonyl (C=O) groups is 1. The molecule has 100 valence electrons. The molecule has 1 heterocycles. The summed E-state index contributed by atoms with van der Waals surface area (Å²) in [6.07, 6.45) is 2.69. The first kappa shape index (κ1) is 13.5. The number of aromatic nitrogens is 1. The molecule has 0 bridgehead atoms. The van der Waals surface area contributed by atoms with Gasteiger partial charge in [0.1, 0.15) is 5.75 Å². The van der Waals surface area contributed by atoms with Crippen LogP contribution in [-0.2, 0) is 17.8 Å². The van der Waals surface area contributed by atoms with Crippen LogP contribution >= 0.6 is 11.3 Å². The first-order valence-corrected chi connectivity index (χ1v) is 6.91. The number of thiazole rings is 1. The Morgan fingerprint density at radius 1 is 1.42 bits per heavy atom. The zero-order valence-corrected chi connectivity index (χ0v) is 11.5. The quantitative estimate of drug-likeness (QED) is 0.881. The minimum Gasteiger partial charge on any atom is -0.508 e. The standard InChI is InChI=1S/C14H16N2O2S/c1-10-15-8-12(19-10)9-16-14(18)7-6-11-4-2-3-5-13(11)17/h2-5,8,17H,6-7,9H2,1H3,(H,16,18). The van der Waals surface area contributed by atoms with Crippen molar-refractivity contribution >= 4 is 17.2 Å². The van der Waals surface area contributed by atoms with Crippen LogP contribution in [0.1, 0.15) is 21.9 Å². The van der Waals surface area contributed by atoms with Crippen LogP contribution in [0.5, 0.6) is 5.75 Å². The number of phenols is 1. The van der Waals surface area contributed by atoms with E-state index in [1.54, 1.807) is 29.7 Å². The maximum atomic E-state index is 11.7. The van der Waals surface area contributed by atoms with E-state index in [1.807, 2.05) is 19.1 Å². The summed E-state index contributed by atoms with van der Waals surface area (Å²) < 4.78 is 0. The highest BCUT2D eigenvalue weighted by Crippen LogP contribution is 2.17. The molecule has 1 amide bonds. The number of nitrogens with one attached hydrogen (secondary N) is 1. The first-order chi connectivity index (χ1) is 9.15. The molecule has 0 aliphatic heterocycles. The maximum absolute atomic E-state index is 11.7. The molecule has 4 nitrogen and oxygen atoms in total. The summed E-state index contributed by atoms with van der Waals surface area (Å²) in [5.41, 5.74) is 0.797. The van der Waals surface area contributed by atoms with E-state index in [9.17, 15) is 9.90 Å². The van der Waals surface area contributed by atoms with Crippen molar-refractivity contribution in [1.29, 1.82) is 0 Å². The summed E-state index contributed by atoms with van der Waals surface area (Å²) in [6.45, 7) is 2.46. The average molecular weight is 276 g/mol. The molecule has 0 unspecified atom stereocenters. The van der Waals surface area contributed by atoms with Crippen molar-refractivity contribution in [3.05, 3.63) is 45.9 Å². The number of hydrogen-bond donors (Lipinski definition) is 2. The van der Waals surface area contributed by atoms with Gasteiger partial charge in [0.15, 0.2) is 0 Å². The highest BCUT2D eigenvalue weighted by molar-refractivity contribution is 7.11. The Labute approximate surface area is 116 Å². The first-order valence-electron chi connectivity index (χ1n) is 6.10. The second-order valence-corrected chi connectivity index (χ2v) is 5.57. The SMILES string of the molecule is Cc1ncc(CNC(=O)CCc2ccccc2O)s1. The second-order valence-electron chi connectivity index (χ2n) is 4.25. The van der Waals surface area contributed by atoms with Crippen molar-refractivity contribution in [2.75, 3.05) is 0 Å². The van der Waals surface area contributed by atoms with Gasteiger partial charge in [-0.15, -0.1) is 11.3 Å². The third kappa shape index (κ3) is 4.06. The molecule has 0 saturated carbocycles. The zero-order valence-electron chi connectivity index (χ0n) is 10.7. The van der Waals surface area contributed by atoms with Gasteiger partial charge in [-0.1, -0.05) is 18.2 Å². The van der Waals surface area contributed by atoms with E-state index in [2.05, 4.69) is 10.3 Å². The number of carbonyl (C=O) groups excluding carboxylic acids is 1. The number of aromatic hydroxyl groups is 1. The smallest absolute Gasteiger partial charge is 0.220 e. The third-order valence-electron chi connectivity index (χ3n) is 2.74. The molecule has 2 rings (SSSR count). The lowest BCUT2D eigenvalue weighted by Gasteiger charge is -2.05. The fourth-order valence-corrected chi connectivity index (χ4v) is 2.47. The number of nitrogens with zero attached hydrogens (tertiary/aromatic N) is 1. The number of para-hydroxylation sites is 1. The van der Waals surface area contributed by atoms with Crippen molar-refractivity contribution < 1.29 is 9.90 Å². The summed E-state index contributed by atoms with van der Waals surface area (Å²) in [4.78, 5) is 16.9. The Morgan fingerprint density at radius 2 is 2.21 bits per heavy atom. The van der Waals surface area contributed by atoms with Crippen LogP contribution in [-0.4, -0.2) is 16.0 Å². The lowest BCUT2D eigenvalue weighted by atomic mass is 10.1. The van der Waals surface area contributed by atoms with E-state index >= 15 is 0 Å². The van der Waals surface area contributed by atoms with Gasteiger partial charge in [-0.05, 0) is 25.0 Å². The molecule has 1 aromatic carbocycles. The van der Waals surface area contributed by atoms with Gasteiger partial charge in [0.25, 0.3) is 0 Å². The molecule has 5 heteroatoms. The lowest BCUT2D eigenvalue weighted by molar-refractivity contribution is -0.121. The normalized spacial score (nSPS) is 10.4. The number of aryl methyl sites for hydroxylation is 2. The van der Waals surface area contributed by atoms with Crippen molar-refractivity contribution in [1.82, 2.24) is 10.3 Å². The van der Waals surface area contributed by atoms with Crippen LogP contribution in [0, 0.1) is 6.92 Å². The van der Waals surface area contributed by atoms with Gasteiger partial charge in [0, 0.05) is 17.5 Å². The molecule has 0 radical (unpaired) electrons. The molecule has 2 N–H and O–H groups in total. The van der Waals surface area contributed by atoms with E-state index in [-0.39, 0.29) is 11.7 Å². The van der Waals surface area contributed by atoms with Crippen molar-refractivity contribution in [3.63, 3.8) is 0 Å². The Balaban J connectivity index is 1.77. The van der Waals surface area contributed by atoms with Gasteiger partial charge in [0.2, 0.25) is 5.91 Å². The molecule has 0 saturated heterocycles. The summed E-state index contributed by atoms with van der Waals surface area (Å²) in [5, 5.41) is 13.4. The molecule has 1 aromatic heterocycles. The van der Waals surface area contributed by atoms with E-state index in [0.29, 0.717) is 19.4 Å². The van der Waals surface area contributed by atoms with Crippen molar-refractivity contribution in [3.8, 4) is 5.75 Å². The molecule has 0 aliphatic rings. The van der Waals surface area contributed by atoms with Crippen LogP contribution in [0.3, 0.4) is 0 Å². The largest absolute Gasteiger partial charge is 0.508 e. The maximum Gasteiger partial charge on any atom is 0.220 e. The Bertz CT molecular complexity index is 566. The summed E-state index contributed by atoms with van der Waals surface area (Å²) >= 11 is 1.58. The van der Waals surface area contributed by atoms with Crippen LogP contribution in [0.2, 0.25) is 0 Å². The molecule has 0 spiro atoms. The van der Waals surface area contributed by atoms with Gasteiger partial charge >= 0.3 is 0 Å². The second kappa shape index (κ2) is 6.33. The van der Waals surface area contributed by atoms with E-state index in [1.165, 1.54) is 0 Å². The summed E-state index contributed by atoms with van der Waals surface area (Å²) in [5.74, 6) is 0.225. The minimum absolute atomic E-state index is 0.0192. The minimum atomic E-state index is -0.0192. The van der Waals surface area contributed by atoms with Gasteiger partial charge in [-0.3, -0.25) is 4.79 Å². The van der Waals surface area contributed by atoms with Gasteiger partial charge < -0.3 is 10.4 Å². The highest BCUT2D eigenvalue weighted by Gasteiger charge is 2.06. The van der Waals surface area contributed by atoms with Crippen molar-refractivity contribution in [2.24, 2.45) is 0 Å². The van der Waals surface area contributed by atoms with Gasteiger partial charge in [0.05, 0.1) is 11.6 Å². The summed E-state index contributed by atoms with van der Waals surface area (Å²) in [7, 11) is 0. The van der Waals surface area contributed by atoms with Crippen LogP contribution in [0.15, 0.2) is 30.5 Å². The predicted molar refractivity (Wildman–Crippen MR) is 75.1 cm³/mol. The Hall–Kier alpha value is -1.88. The molecular weight excluding hydrogens is 260 g/mol. The number of hydrogen-bond acceptors (Lipinski definition) is 4. The Morgan fingerprint density at radius 3 is 2.89 bits per heavy atom. The van der Waals surface area contributed by atoms with E-state index in [4.69, 9.17) is 0 Å². The molecule has 2 aromatic rings. The average Bonchev–Trinajstić information content (AvgIpc) is 2.81. The van der Waals surface area contributed by atoms with Crippen molar-refractivity contribution in [2.45, 2.75) is 26.3 Å². The predicted octanol–water partition coefficient (Wildman–Crippen LogP) is 2.41.